The quantitative estimate of drug-likeness (QED) is 0.136. The van der Waals surface area contributed by atoms with Gasteiger partial charge in [0.2, 0.25) is 0 Å². The molecular weight excluding hydrogens is 489 g/mol. The van der Waals surface area contributed by atoms with Crippen LogP contribution in [0.25, 0.3) is 0 Å². The Kier molecular flexibility index (Phi) is 13.6. The maximum absolute atomic E-state index is 12.6. The topological polar surface area (TPSA) is 140 Å². The van der Waals surface area contributed by atoms with E-state index < -0.39 is 41.7 Å². The van der Waals surface area contributed by atoms with E-state index in [1.54, 1.807) is 0 Å². The summed E-state index contributed by atoms with van der Waals surface area (Å²) in [5, 5.41) is 21.8. The van der Waals surface area contributed by atoms with E-state index in [9.17, 15) is 28.8 Å². The van der Waals surface area contributed by atoms with Crippen molar-refractivity contribution < 1.29 is 42.8 Å². The Hall–Kier alpha value is -0.590. The SMILES string of the molecule is CCCCOC(O)([PH+]=O)c1cc(CP(=O)(O)OCCCC)cc(C(O)(OCCCC)[PH+]=O)c1. The number of benzene rings is 1. The monoisotopic (exact) mass is 526 g/mol. The minimum Gasteiger partial charge on any atom is -0.324 e. The van der Waals surface area contributed by atoms with E-state index in [4.69, 9.17) is 14.0 Å². The van der Waals surface area contributed by atoms with Crippen LogP contribution in [0.2, 0.25) is 0 Å². The molecule has 0 fully saturated rings. The molecule has 1 aromatic rings. The summed E-state index contributed by atoms with van der Waals surface area (Å²) in [4.78, 5) is 10.3. The van der Waals surface area contributed by atoms with Gasteiger partial charge in [0, 0.05) is 0 Å². The van der Waals surface area contributed by atoms with Crippen LogP contribution in [0.1, 0.15) is 76.0 Å². The number of hydrogen-bond acceptors (Lipinski definition) is 8. The van der Waals surface area contributed by atoms with Gasteiger partial charge < -0.3 is 29.1 Å². The highest BCUT2D eigenvalue weighted by Crippen LogP contribution is 2.48. The summed E-state index contributed by atoms with van der Waals surface area (Å²) in [5.41, 5.74) is -4.23. The van der Waals surface area contributed by atoms with Crippen LogP contribution in [0, 0.1) is 0 Å². The summed E-state index contributed by atoms with van der Waals surface area (Å²) in [6.07, 6.45) is 3.77. The zero-order chi connectivity index (χ0) is 25.0. The molecule has 5 unspecified atom stereocenters. The molecule has 0 bridgehead atoms. The van der Waals surface area contributed by atoms with Gasteiger partial charge in [-0.2, -0.15) is 0 Å². The number of unbranched alkanes of at least 4 members (excludes halogenated alkanes) is 3. The van der Waals surface area contributed by atoms with Crippen LogP contribution in [-0.4, -0.2) is 34.9 Å². The molecule has 0 aliphatic carbocycles. The first kappa shape index (κ1) is 30.4. The standard InChI is InChI=1S/C21H35O9P3/c1-4-7-10-28-20(22,31-24)18-13-17(16-33(26,27)30-12-9-6-3)14-19(15-18)21(23,32-25)29-11-8-5-2/h13-15,22-23H,4-12,16H2,1-3H3,(H,26,27)/p+2. The molecule has 3 N–H and O–H groups in total. The van der Waals surface area contributed by atoms with Crippen molar-refractivity contribution in [2.75, 3.05) is 19.8 Å². The molecule has 0 spiro atoms. The summed E-state index contributed by atoms with van der Waals surface area (Å²) in [7, 11) is -6.70. The third-order valence-corrected chi connectivity index (χ3v) is 7.61. The van der Waals surface area contributed by atoms with E-state index >= 15 is 0 Å². The molecule has 0 saturated carbocycles. The first-order valence-corrected chi connectivity index (χ1v) is 14.8. The van der Waals surface area contributed by atoms with E-state index in [2.05, 4.69) is 0 Å². The van der Waals surface area contributed by atoms with Gasteiger partial charge in [-0.05, 0) is 43.0 Å². The maximum Gasteiger partial charge on any atom is 0.397 e. The summed E-state index contributed by atoms with van der Waals surface area (Å²) in [5.74, 6) is 0. The molecule has 12 heteroatoms. The van der Waals surface area contributed by atoms with Crippen LogP contribution in [0.4, 0.5) is 0 Å². The van der Waals surface area contributed by atoms with Gasteiger partial charge in [0.1, 0.15) is 0 Å². The lowest BCUT2D eigenvalue weighted by Gasteiger charge is -2.21. The van der Waals surface area contributed by atoms with Crippen molar-refractivity contribution in [1.82, 2.24) is 0 Å². The largest absolute Gasteiger partial charge is 0.397 e. The van der Waals surface area contributed by atoms with E-state index in [0.29, 0.717) is 19.3 Å². The molecule has 0 aliphatic rings. The fraction of sp³-hybridized carbons (Fsp3) is 0.714. The molecule has 33 heavy (non-hydrogen) atoms. The molecule has 188 valence electrons. The molecule has 1 aromatic carbocycles. The van der Waals surface area contributed by atoms with Crippen LogP contribution in [0.3, 0.4) is 0 Å². The number of hydrogen-bond donors (Lipinski definition) is 3. The van der Waals surface area contributed by atoms with E-state index in [1.807, 2.05) is 20.8 Å². The van der Waals surface area contributed by atoms with Gasteiger partial charge in [-0.25, -0.2) is 0 Å². The zero-order valence-corrected chi connectivity index (χ0v) is 22.4. The second kappa shape index (κ2) is 14.7. The van der Waals surface area contributed by atoms with Crippen molar-refractivity contribution in [3.05, 3.63) is 34.9 Å². The van der Waals surface area contributed by atoms with Crippen LogP contribution in [-0.2, 0) is 44.9 Å². The summed E-state index contributed by atoms with van der Waals surface area (Å²) >= 11 is 0. The van der Waals surface area contributed by atoms with Gasteiger partial charge in [-0.1, -0.05) is 49.2 Å². The predicted molar refractivity (Wildman–Crippen MR) is 128 cm³/mol. The fourth-order valence-corrected chi connectivity index (χ4v) is 4.87. The highest BCUT2D eigenvalue weighted by atomic mass is 31.2. The first-order valence-electron chi connectivity index (χ1n) is 11.2. The second-order valence-corrected chi connectivity index (χ2v) is 11.4. The highest BCUT2D eigenvalue weighted by molar-refractivity contribution is 7.51. The molecular formula is C21H37O9P3+2. The molecule has 0 amide bonds. The molecule has 0 saturated heterocycles. The number of rotatable bonds is 18. The lowest BCUT2D eigenvalue weighted by atomic mass is 10.0. The summed E-state index contributed by atoms with van der Waals surface area (Å²) < 4.78 is 52.5. The maximum atomic E-state index is 12.6. The smallest absolute Gasteiger partial charge is 0.324 e. The fourth-order valence-electron chi connectivity index (χ4n) is 2.87. The summed E-state index contributed by atoms with van der Waals surface area (Å²) in [6, 6.07) is 4.02. The predicted octanol–water partition coefficient (Wildman–Crippen LogP) is 5.08. The molecule has 0 heterocycles. The third-order valence-electron chi connectivity index (χ3n) is 4.84. The average Bonchev–Trinajstić information content (AvgIpc) is 2.78. The van der Waals surface area contributed by atoms with Crippen LogP contribution in [0.15, 0.2) is 18.2 Å². The molecule has 0 aromatic heterocycles. The minimum atomic E-state index is -4.05. The van der Waals surface area contributed by atoms with Gasteiger partial charge >= 0.3 is 35.6 Å². The zero-order valence-electron chi connectivity index (χ0n) is 19.5. The second-order valence-electron chi connectivity index (χ2n) is 7.80. The molecule has 0 radical (unpaired) electrons. The number of ether oxygens (including phenoxy) is 2. The average molecular weight is 526 g/mol. The Morgan fingerprint density at radius 2 is 1.24 bits per heavy atom. The van der Waals surface area contributed by atoms with Crippen molar-refractivity contribution in [2.45, 2.75) is 76.5 Å². The summed E-state index contributed by atoms with van der Waals surface area (Å²) in [6.45, 7) is 6.15. The first-order chi connectivity index (χ1) is 15.6. The molecule has 9 nitrogen and oxygen atoms in total. The van der Waals surface area contributed by atoms with Crippen LogP contribution < -0.4 is 0 Å². The van der Waals surface area contributed by atoms with Gasteiger partial charge in [0.15, 0.2) is 0 Å². The Bertz CT molecular complexity index is 761. The van der Waals surface area contributed by atoms with E-state index in [-0.39, 0.29) is 36.5 Å². The minimum absolute atomic E-state index is 0.0104. The lowest BCUT2D eigenvalue weighted by Crippen LogP contribution is -2.27. The normalized spacial score (nSPS) is 17.5. The Labute approximate surface area is 198 Å². The molecule has 5 atom stereocenters. The third kappa shape index (κ3) is 9.89. The van der Waals surface area contributed by atoms with Crippen molar-refractivity contribution in [2.24, 2.45) is 0 Å². The van der Waals surface area contributed by atoms with Gasteiger partial charge in [0.25, 0.3) is 0 Å². The Morgan fingerprint density at radius 3 is 1.64 bits per heavy atom. The van der Waals surface area contributed by atoms with E-state index in [1.165, 1.54) is 18.2 Å². The Balaban J connectivity index is 3.44. The van der Waals surface area contributed by atoms with Crippen molar-refractivity contribution in [3.63, 3.8) is 0 Å². The van der Waals surface area contributed by atoms with Gasteiger partial charge in [-0.15, -0.1) is 0 Å². The van der Waals surface area contributed by atoms with Crippen molar-refractivity contribution in [1.29, 1.82) is 0 Å². The van der Waals surface area contributed by atoms with Crippen LogP contribution in [0.5, 0.6) is 0 Å². The van der Waals surface area contributed by atoms with Crippen molar-refractivity contribution in [3.8, 4) is 0 Å². The van der Waals surface area contributed by atoms with E-state index in [0.717, 1.165) is 19.3 Å². The number of aliphatic hydroxyl groups is 2. The Morgan fingerprint density at radius 1 is 0.818 bits per heavy atom. The highest BCUT2D eigenvalue weighted by Gasteiger charge is 2.45. The molecule has 0 aliphatic heterocycles. The van der Waals surface area contributed by atoms with Crippen molar-refractivity contribution >= 4 is 24.5 Å². The van der Waals surface area contributed by atoms with Gasteiger partial charge in [0.05, 0.1) is 37.1 Å². The van der Waals surface area contributed by atoms with Gasteiger partial charge in [-0.3, -0.25) is 4.57 Å². The van der Waals surface area contributed by atoms with Crippen LogP contribution >= 0.6 is 24.5 Å². The lowest BCUT2D eigenvalue weighted by molar-refractivity contribution is -0.146. The molecule has 1 rings (SSSR count).